The molecule has 0 fully saturated rings. The van der Waals surface area contributed by atoms with Gasteiger partial charge in [0.25, 0.3) is 5.91 Å². The Bertz CT molecular complexity index is 729. The predicted octanol–water partition coefficient (Wildman–Crippen LogP) is 6.30. The molecule has 0 spiro atoms. The molecule has 0 bridgehead atoms. The number of aliphatic hydroxyl groups is 2. The number of aliphatic hydroxyl groups excluding tert-OH is 2. The van der Waals surface area contributed by atoms with Crippen LogP contribution >= 0.6 is 11.8 Å². The molecule has 0 saturated carbocycles. The topological polar surface area (TPSA) is 98.7 Å². The molecule has 0 aliphatic heterocycles. The first kappa shape index (κ1) is 31.5. The normalized spacial score (nSPS) is 12.8. The van der Waals surface area contributed by atoms with Crippen LogP contribution in [0.2, 0.25) is 0 Å². The average Bonchev–Trinajstić information content (AvgIpc) is 2.84. The summed E-state index contributed by atoms with van der Waals surface area (Å²) in [4.78, 5) is 25.7. The Hall–Kier alpha value is -1.57. The van der Waals surface area contributed by atoms with Crippen molar-refractivity contribution in [2.24, 2.45) is 0 Å². The van der Waals surface area contributed by atoms with Crippen LogP contribution in [0, 0.1) is 0 Å². The first-order chi connectivity index (χ1) is 16.9. The third kappa shape index (κ3) is 14.6. The van der Waals surface area contributed by atoms with Gasteiger partial charge < -0.3 is 20.8 Å². The second-order valence-electron chi connectivity index (χ2n) is 9.41. The molecular formula is C28H48N2O4S. The number of rotatable bonds is 20. The van der Waals surface area contributed by atoms with E-state index in [0.29, 0.717) is 43.5 Å². The smallest absolute Gasteiger partial charge is 0.251 e. The molecule has 0 saturated heterocycles. The fourth-order valence-corrected chi connectivity index (χ4v) is 4.53. The van der Waals surface area contributed by atoms with Gasteiger partial charge in [-0.1, -0.05) is 52.4 Å². The van der Waals surface area contributed by atoms with Gasteiger partial charge in [-0.05, 0) is 69.4 Å². The summed E-state index contributed by atoms with van der Waals surface area (Å²) in [7, 11) is 0. The summed E-state index contributed by atoms with van der Waals surface area (Å²) in [5, 5.41) is 26.2. The standard InChI is InChI=1S/C28H48N2O4S/c1-4-6-8-9-10-13-23(31)14-11-15-24(32)16-12-17-27(33)30-25-21-22(18-19-26(25)35-3)28(34)29-20-7-5-2/h18-19,21,23-24,31-32H,4-17,20H2,1-3H3,(H,29,34)(H,30,33). The lowest BCUT2D eigenvalue weighted by molar-refractivity contribution is -0.116. The third-order valence-electron chi connectivity index (χ3n) is 6.21. The van der Waals surface area contributed by atoms with Crippen molar-refractivity contribution in [3.63, 3.8) is 0 Å². The largest absolute Gasteiger partial charge is 0.393 e. The van der Waals surface area contributed by atoms with Gasteiger partial charge in [0.1, 0.15) is 0 Å². The lowest BCUT2D eigenvalue weighted by atomic mass is 10.0. The van der Waals surface area contributed by atoms with E-state index in [0.717, 1.165) is 43.4 Å². The molecule has 6 nitrogen and oxygen atoms in total. The van der Waals surface area contributed by atoms with E-state index in [1.165, 1.54) is 37.4 Å². The Morgan fingerprint density at radius 1 is 0.857 bits per heavy atom. The molecule has 2 amide bonds. The van der Waals surface area contributed by atoms with Crippen LogP contribution in [0.15, 0.2) is 23.1 Å². The highest BCUT2D eigenvalue weighted by Crippen LogP contribution is 2.27. The minimum atomic E-state index is -0.448. The monoisotopic (exact) mass is 508 g/mol. The third-order valence-corrected chi connectivity index (χ3v) is 7.00. The lowest BCUT2D eigenvalue weighted by Gasteiger charge is -2.14. The molecular weight excluding hydrogens is 460 g/mol. The van der Waals surface area contributed by atoms with Gasteiger partial charge in [0.2, 0.25) is 5.91 Å². The quantitative estimate of drug-likeness (QED) is 0.122. The summed E-state index contributed by atoms with van der Waals surface area (Å²) >= 11 is 1.52. The van der Waals surface area contributed by atoms with Crippen molar-refractivity contribution in [1.29, 1.82) is 0 Å². The number of nitrogens with one attached hydrogen (secondary N) is 2. The van der Waals surface area contributed by atoms with Crippen molar-refractivity contribution < 1.29 is 19.8 Å². The van der Waals surface area contributed by atoms with Gasteiger partial charge in [-0.25, -0.2) is 0 Å². The number of amides is 2. The number of unbranched alkanes of at least 4 members (excludes halogenated alkanes) is 5. The first-order valence-electron chi connectivity index (χ1n) is 13.5. The first-order valence-corrected chi connectivity index (χ1v) is 14.8. The molecule has 7 heteroatoms. The van der Waals surface area contributed by atoms with E-state index in [-0.39, 0.29) is 17.9 Å². The molecule has 4 N–H and O–H groups in total. The molecule has 2 atom stereocenters. The summed E-state index contributed by atoms with van der Waals surface area (Å²) < 4.78 is 0. The second kappa shape index (κ2) is 19.6. The van der Waals surface area contributed by atoms with E-state index in [1.807, 2.05) is 12.3 Å². The molecule has 35 heavy (non-hydrogen) atoms. The van der Waals surface area contributed by atoms with Crippen molar-refractivity contribution in [2.75, 3.05) is 18.1 Å². The van der Waals surface area contributed by atoms with Crippen LogP contribution in [0.5, 0.6) is 0 Å². The molecule has 200 valence electrons. The summed E-state index contributed by atoms with van der Waals surface area (Å²) in [6, 6.07) is 5.37. The van der Waals surface area contributed by atoms with E-state index in [4.69, 9.17) is 0 Å². The van der Waals surface area contributed by atoms with Crippen molar-refractivity contribution in [2.45, 2.75) is 121 Å². The number of hydrogen-bond donors (Lipinski definition) is 4. The summed E-state index contributed by atoms with van der Waals surface area (Å²) in [6.45, 7) is 4.92. The van der Waals surface area contributed by atoms with Gasteiger partial charge in [-0.2, -0.15) is 0 Å². The number of anilines is 1. The van der Waals surface area contributed by atoms with Gasteiger partial charge in [-0.3, -0.25) is 9.59 Å². The van der Waals surface area contributed by atoms with Gasteiger partial charge in [0.05, 0.1) is 17.9 Å². The molecule has 1 rings (SSSR count). The highest BCUT2D eigenvalue weighted by molar-refractivity contribution is 7.98. The van der Waals surface area contributed by atoms with Crippen LogP contribution < -0.4 is 10.6 Å². The minimum Gasteiger partial charge on any atom is -0.393 e. The molecule has 0 radical (unpaired) electrons. The maximum atomic E-state index is 12.5. The highest BCUT2D eigenvalue weighted by atomic mass is 32.2. The Labute approximate surface area is 217 Å². The maximum Gasteiger partial charge on any atom is 0.251 e. The molecule has 0 heterocycles. The van der Waals surface area contributed by atoms with Crippen molar-refractivity contribution in [3.05, 3.63) is 23.8 Å². The van der Waals surface area contributed by atoms with Crippen LogP contribution in [0.25, 0.3) is 0 Å². The number of hydrogen-bond acceptors (Lipinski definition) is 5. The van der Waals surface area contributed by atoms with Crippen molar-refractivity contribution in [1.82, 2.24) is 5.32 Å². The van der Waals surface area contributed by atoms with Crippen molar-refractivity contribution >= 4 is 29.3 Å². The van der Waals surface area contributed by atoms with Crippen LogP contribution in [0.1, 0.15) is 114 Å². The van der Waals surface area contributed by atoms with Crippen LogP contribution in [-0.4, -0.2) is 47.0 Å². The van der Waals surface area contributed by atoms with E-state index < -0.39 is 6.10 Å². The van der Waals surface area contributed by atoms with Gasteiger partial charge in [-0.15, -0.1) is 11.8 Å². The molecule has 0 aliphatic carbocycles. The van der Waals surface area contributed by atoms with Gasteiger partial charge in [0, 0.05) is 23.4 Å². The molecule has 2 unspecified atom stereocenters. The van der Waals surface area contributed by atoms with Crippen LogP contribution in [0.4, 0.5) is 5.69 Å². The van der Waals surface area contributed by atoms with E-state index in [2.05, 4.69) is 24.5 Å². The predicted molar refractivity (Wildman–Crippen MR) is 147 cm³/mol. The molecule has 1 aromatic rings. The second-order valence-corrected chi connectivity index (χ2v) is 10.3. The summed E-state index contributed by atoms with van der Waals surface area (Å²) in [5.74, 6) is -0.249. The zero-order valence-electron chi connectivity index (χ0n) is 22.1. The zero-order valence-corrected chi connectivity index (χ0v) is 22.9. The Morgan fingerprint density at radius 3 is 2.14 bits per heavy atom. The van der Waals surface area contributed by atoms with Gasteiger partial charge in [0.15, 0.2) is 0 Å². The van der Waals surface area contributed by atoms with E-state index >= 15 is 0 Å². The number of thioether (sulfide) groups is 1. The number of benzene rings is 1. The molecule has 0 aromatic heterocycles. The Balaban J connectivity index is 2.33. The fourth-order valence-electron chi connectivity index (χ4n) is 4.00. The average molecular weight is 509 g/mol. The maximum absolute atomic E-state index is 12.5. The minimum absolute atomic E-state index is 0.116. The zero-order chi connectivity index (χ0) is 25.9. The molecule has 0 aliphatic rings. The SMILES string of the molecule is CCCCCCCC(O)CCCC(O)CCCC(=O)Nc1cc(C(=O)NCCCC)ccc1SC. The van der Waals surface area contributed by atoms with Crippen LogP contribution in [-0.2, 0) is 4.79 Å². The lowest BCUT2D eigenvalue weighted by Crippen LogP contribution is -2.24. The van der Waals surface area contributed by atoms with Crippen LogP contribution in [0.3, 0.4) is 0 Å². The van der Waals surface area contributed by atoms with E-state index in [9.17, 15) is 19.8 Å². The number of carbonyl (C=O) groups excluding carboxylic acids is 2. The fraction of sp³-hybridized carbons (Fsp3) is 0.714. The Kier molecular flexibility index (Phi) is 17.6. The molecule has 1 aromatic carbocycles. The summed E-state index contributed by atoms with van der Waals surface area (Å²) in [6.07, 6.45) is 13.7. The number of carbonyl (C=O) groups is 2. The van der Waals surface area contributed by atoms with Gasteiger partial charge >= 0.3 is 0 Å². The summed E-state index contributed by atoms with van der Waals surface area (Å²) in [5.41, 5.74) is 1.18. The van der Waals surface area contributed by atoms with E-state index in [1.54, 1.807) is 12.1 Å². The Morgan fingerprint density at radius 2 is 1.49 bits per heavy atom. The highest BCUT2D eigenvalue weighted by Gasteiger charge is 2.13. The van der Waals surface area contributed by atoms with Crippen molar-refractivity contribution in [3.8, 4) is 0 Å².